The molecule has 0 bridgehead atoms. The van der Waals surface area contributed by atoms with Gasteiger partial charge in [-0.05, 0) is 58.6 Å². The van der Waals surface area contributed by atoms with Gasteiger partial charge in [0.25, 0.3) is 0 Å². The molecule has 126 valence electrons. The van der Waals surface area contributed by atoms with Crippen molar-refractivity contribution in [2.45, 2.75) is 27.2 Å². The lowest BCUT2D eigenvalue weighted by molar-refractivity contribution is -0.120. The van der Waals surface area contributed by atoms with E-state index in [1.807, 2.05) is 56.3 Å². The van der Waals surface area contributed by atoms with Crippen molar-refractivity contribution in [3.05, 3.63) is 58.1 Å². The van der Waals surface area contributed by atoms with Crippen LogP contribution in [0.15, 0.2) is 46.9 Å². The largest absolute Gasteiger partial charge is 0.324 e. The third-order valence-electron chi connectivity index (χ3n) is 3.75. The maximum Gasteiger partial charge on any atom is 0.244 e. The fourth-order valence-corrected chi connectivity index (χ4v) is 3.19. The number of hydrogen-bond donors (Lipinski definition) is 1. The van der Waals surface area contributed by atoms with Crippen LogP contribution >= 0.6 is 15.9 Å². The van der Waals surface area contributed by atoms with Crippen LogP contribution in [0, 0.1) is 6.92 Å². The number of anilines is 2. The summed E-state index contributed by atoms with van der Waals surface area (Å²) in [7, 11) is 0. The third-order valence-corrected chi connectivity index (χ3v) is 4.38. The number of rotatable bonds is 5. The molecule has 0 unspecified atom stereocenters. The average Bonchev–Trinajstić information content (AvgIpc) is 2.53. The first-order chi connectivity index (χ1) is 11.4. The van der Waals surface area contributed by atoms with Gasteiger partial charge in [0.05, 0.1) is 5.69 Å². The Bertz CT molecular complexity index is 759. The van der Waals surface area contributed by atoms with Crippen molar-refractivity contribution in [3.63, 3.8) is 0 Å². The van der Waals surface area contributed by atoms with Crippen LogP contribution in [-0.4, -0.2) is 18.4 Å². The van der Waals surface area contributed by atoms with Gasteiger partial charge in [-0.25, -0.2) is 0 Å². The van der Waals surface area contributed by atoms with Crippen molar-refractivity contribution < 1.29 is 9.59 Å². The molecule has 0 fully saturated rings. The molecule has 0 saturated heterocycles. The van der Waals surface area contributed by atoms with E-state index in [4.69, 9.17) is 0 Å². The summed E-state index contributed by atoms with van der Waals surface area (Å²) in [6.07, 6.45) is 0.830. The van der Waals surface area contributed by atoms with Gasteiger partial charge in [-0.2, -0.15) is 0 Å². The summed E-state index contributed by atoms with van der Waals surface area (Å²) >= 11 is 3.47. The monoisotopic (exact) mass is 388 g/mol. The SMILES string of the molecule is CCc1ccccc1NC(=O)CN(C(C)=O)c1ccc(C)cc1Br. The Morgan fingerprint density at radius 1 is 1.17 bits per heavy atom. The molecular formula is C19H21BrN2O2. The van der Waals surface area contributed by atoms with Gasteiger partial charge in [0, 0.05) is 17.1 Å². The highest BCUT2D eigenvalue weighted by atomic mass is 79.9. The highest BCUT2D eigenvalue weighted by Gasteiger charge is 2.18. The molecular weight excluding hydrogens is 368 g/mol. The standard InChI is InChI=1S/C19H21BrN2O2/c1-4-15-7-5-6-8-17(15)21-19(24)12-22(14(3)23)18-10-9-13(2)11-16(18)20/h5-11H,4,12H2,1-3H3,(H,21,24). The molecule has 0 saturated carbocycles. The lowest BCUT2D eigenvalue weighted by Crippen LogP contribution is -2.37. The zero-order valence-corrected chi connectivity index (χ0v) is 15.7. The molecule has 0 aliphatic rings. The summed E-state index contributed by atoms with van der Waals surface area (Å²) in [5, 5.41) is 2.90. The first-order valence-corrected chi connectivity index (χ1v) is 8.63. The Kier molecular flexibility index (Phi) is 6.15. The molecule has 2 aromatic carbocycles. The normalized spacial score (nSPS) is 10.3. The van der Waals surface area contributed by atoms with Crippen molar-refractivity contribution >= 4 is 39.1 Å². The number of nitrogens with zero attached hydrogens (tertiary/aromatic N) is 1. The summed E-state index contributed by atoms with van der Waals surface area (Å²) in [5.74, 6) is -0.406. The minimum Gasteiger partial charge on any atom is -0.324 e. The molecule has 0 aromatic heterocycles. The molecule has 5 heteroatoms. The number of carbonyl (C=O) groups is 2. The lowest BCUT2D eigenvalue weighted by atomic mass is 10.1. The highest BCUT2D eigenvalue weighted by molar-refractivity contribution is 9.10. The van der Waals surface area contributed by atoms with Gasteiger partial charge in [-0.3, -0.25) is 9.59 Å². The van der Waals surface area contributed by atoms with Crippen molar-refractivity contribution in [2.75, 3.05) is 16.8 Å². The number of hydrogen-bond acceptors (Lipinski definition) is 2. The first-order valence-electron chi connectivity index (χ1n) is 7.84. The maximum absolute atomic E-state index is 12.4. The minimum absolute atomic E-state index is 0.0327. The number of nitrogens with one attached hydrogen (secondary N) is 1. The molecule has 4 nitrogen and oxygen atoms in total. The molecule has 2 aromatic rings. The molecule has 0 heterocycles. The molecule has 24 heavy (non-hydrogen) atoms. The van der Waals surface area contributed by atoms with E-state index in [0.717, 1.165) is 27.7 Å². The molecule has 0 radical (unpaired) electrons. The van der Waals surface area contributed by atoms with Crippen LogP contribution in [0.25, 0.3) is 0 Å². The van der Waals surface area contributed by atoms with Gasteiger partial charge in [0.2, 0.25) is 11.8 Å². The predicted molar refractivity (Wildman–Crippen MR) is 101 cm³/mol. The Hall–Kier alpha value is -2.14. The Morgan fingerprint density at radius 2 is 1.88 bits per heavy atom. The van der Waals surface area contributed by atoms with Gasteiger partial charge < -0.3 is 10.2 Å². The Morgan fingerprint density at radius 3 is 2.50 bits per heavy atom. The number of halogens is 1. The van der Waals surface area contributed by atoms with E-state index in [2.05, 4.69) is 21.2 Å². The summed E-state index contributed by atoms with van der Waals surface area (Å²) < 4.78 is 0.791. The Balaban J connectivity index is 2.19. The molecule has 0 aliphatic heterocycles. The zero-order valence-electron chi connectivity index (χ0n) is 14.1. The third kappa shape index (κ3) is 4.45. The van der Waals surface area contributed by atoms with Gasteiger partial charge in [0.1, 0.15) is 6.54 Å². The second-order valence-corrected chi connectivity index (χ2v) is 6.47. The van der Waals surface area contributed by atoms with Gasteiger partial charge in [0.15, 0.2) is 0 Å². The van der Waals surface area contributed by atoms with E-state index in [1.165, 1.54) is 11.8 Å². The van der Waals surface area contributed by atoms with Gasteiger partial charge >= 0.3 is 0 Å². The molecule has 0 atom stereocenters. The lowest BCUT2D eigenvalue weighted by Gasteiger charge is -2.22. The molecule has 0 aliphatic carbocycles. The number of carbonyl (C=O) groups excluding carboxylic acids is 2. The van der Waals surface area contributed by atoms with Crippen LogP contribution in [-0.2, 0) is 16.0 Å². The molecule has 0 spiro atoms. The van der Waals surface area contributed by atoms with Crippen molar-refractivity contribution in [1.29, 1.82) is 0 Å². The van der Waals surface area contributed by atoms with E-state index in [1.54, 1.807) is 0 Å². The number of benzene rings is 2. The van der Waals surface area contributed by atoms with Crippen molar-refractivity contribution in [1.82, 2.24) is 0 Å². The van der Waals surface area contributed by atoms with E-state index >= 15 is 0 Å². The summed E-state index contributed by atoms with van der Waals surface area (Å²) in [6.45, 7) is 5.44. The van der Waals surface area contributed by atoms with E-state index < -0.39 is 0 Å². The van der Waals surface area contributed by atoms with Crippen molar-refractivity contribution in [2.24, 2.45) is 0 Å². The number of para-hydroxylation sites is 1. The van der Waals surface area contributed by atoms with E-state index in [0.29, 0.717) is 5.69 Å². The predicted octanol–water partition coefficient (Wildman–Crippen LogP) is 4.31. The van der Waals surface area contributed by atoms with E-state index in [-0.39, 0.29) is 18.4 Å². The van der Waals surface area contributed by atoms with Crippen LogP contribution in [0.3, 0.4) is 0 Å². The summed E-state index contributed by atoms with van der Waals surface area (Å²) in [6, 6.07) is 13.4. The van der Waals surface area contributed by atoms with Crippen LogP contribution in [0.5, 0.6) is 0 Å². The smallest absolute Gasteiger partial charge is 0.244 e. The second kappa shape index (κ2) is 8.11. The molecule has 2 amide bonds. The van der Waals surface area contributed by atoms with Crippen LogP contribution in [0.4, 0.5) is 11.4 Å². The fourth-order valence-electron chi connectivity index (χ4n) is 2.48. The van der Waals surface area contributed by atoms with Crippen LogP contribution in [0.2, 0.25) is 0 Å². The first kappa shape index (κ1) is 18.2. The topological polar surface area (TPSA) is 49.4 Å². The molecule has 1 N–H and O–H groups in total. The zero-order chi connectivity index (χ0) is 17.7. The average molecular weight is 389 g/mol. The number of amides is 2. The maximum atomic E-state index is 12.4. The second-order valence-electron chi connectivity index (χ2n) is 5.62. The molecule has 2 rings (SSSR count). The van der Waals surface area contributed by atoms with Crippen LogP contribution < -0.4 is 10.2 Å². The van der Waals surface area contributed by atoms with Crippen molar-refractivity contribution in [3.8, 4) is 0 Å². The summed E-state index contributed by atoms with van der Waals surface area (Å²) in [4.78, 5) is 25.9. The van der Waals surface area contributed by atoms with E-state index in [9.17, 15) is 9.59 Å². The summed E-state index contributed by atoms with van der Waals surface area (Å²) in [5.41, 5.74) is 3.62. The van der Waals surface area contributed by atoms with Gasteiger partial charge in [-0.15, -0.1) is 0 Å². The number of aryl methyl sites for hydroxylation is 2. The fraction of sp³-hybridized carbons (Fsp3) is 0.263. The van der Waals surface area contributed by atoms with Crippen LogP contribution in [0.1, 0.15) is 25.0 Å². The quantitative estimate of drug-likeness (QED) is 0.829. The minimum atomic E-state index is -0.224. The Labute approximate surface area is 151 Å². The highest BCUT2D eigenvalue weighted by Crippen LogP contribution is 2.27. The van der Waals surface area contributed by atoms with Gasteiger partial charge in [-0.1, -0.05) is 31.2 Å².